The number of cyclic esters (lactones) is 1. The SMILES string of the molecule is C[C@H](CCC1=C[C@@](C)(O)C(=O)O1)[C@H]1CCC2/C(=C/I)CCC[C@@]21C. The molecule has 3 aliphatic rings. The van der Waals surface area contributed by atoms with Crippen molar-refractivity contribution in [2.24, 2.45) is 23.2 Å². The highest BCUT2D eigenvalue weighted by Crippen LogP contribution is 2.60. The van der Waals surface area contributed by atoms with E-state index >= 15 is 0 Å². The number of hydrogen-bond donors (Lipinski definition) is 1. The van der Waals surface area contributed by atoms with Gasteiger partial charge in [0.05, 0.1) is 0 Å². The number of esters is 1. The molecule has 0 aromatic rings. The van der Waals surface area contributed by atoms with Crippen LogP contribution in [0.25, 0.3) is 0 Å². The molecule has 0 saturated heterocycles. The molecular formula is C20H29IO3. The average molecular weight is 444 g/mol. The van der Waals surface area contributed by atoms with E-state index in [1.807, 2.05) is 0 Å². The van der Waals surface area contributed by atoms with Crippen molar-refractivity contribution in [2.75, 3.05) is 0 Å². The van der Waals surface area contributed by atoms with Gasteiger partial charge in [-0.1, -0.05) is 42.0 Å². The van der Waals surface area contributed by atoms with E-state index in [4.69, 9.17) is 4.74 Å². The van der Waals surface area contributed by atoms with E-state index in [0.717, 1.165) is 24.7 Å². The van der Waals surface area contributed by atoms with Crippen LogP contribution in [0.2, 0.25) is 0 Å². The molecule has 0 spiro atoms. The lowest BCUT2D eigenvalue weighted by Gasteiger charge is -2.44. The Balaban J connectivity index is 1.64. The number of fused-ring (bicyclic) bond motifs is 1. The average Bonchev–Trinajstić information content (AvgIpc) is 3.00. The maximum absolute atomic E-state index is 11.6. The lowest BCUT2D eigenvalue weighted by atomic mass is 9.61. The Kier molecular flexibility index (Phi) is 5.18. The van der Waals surface area contributed by atoms with Crippen LogP contribution in [0.1, 0.15) is 65.7 Å². The Hall–Kier alpha value is -0.360. The van der Waals surface area contributed by atoms with Crippen LogP contribution in [0.15, 0.2) is 21.5 Å². The zero-order valence-corrected chi connectivity index (χ0v) is 17.1. The summed E-state index contributed by atoms with van der Waals surface area (Å²) in [6, 6.07) is 0. The minimum Gasteiger partial charge on any atom is -0.429 e. The molecule has 0 radical (unpaired) electrons. The first kappa shape index (κ1) is 18.4. The van der Waals surface area contributed by atoms with Gasteiger partial charge in [-0.05, 0) is 78.8 Å². The van der Waals surface area contributed by atoms with Gasteiger partial charge in [0, 0.05) is 6.42 Å². The molecule has 0 aromatic heterocycles. The number of allylic oxidation sites excluding steroid dienone is 2. The van der Waals surface area contributed by atoms with Gasteiger partial charge in [-0.15, -0.1) is 0 Å². The van der Waals surface area contributed by atoms with E-state index in [1.165, 1.54) is 39.0 Å². The van der Waals surface area contributed by atoms with Crippen LogP contribution in [0.5, 0.6) is 0 Å². The van der Waals surface area contributed by atoms with Gasteiger partial charge in [0.2, 0.25) is 0 Å². The monoisotopic (exact) mass is 444 g/mol. The summed E-state index contributed by atoms with van der Waals surface area (Å²) in [4.78, 5) is 11.6. The van der Waals surface area contributed by atoms with E-state index in [2.05, 4.69) is 40.5 Å². The lowest BCUT2D eigenvalue weighted by Crippen LogP contribution is -2.35. The van der Waals surface area contributed by atoms with Crippen molar-refractivity contribution in [2.45, 2.75) is 71.3 Å². The fraction of sp³-hybridized carbons (Fsp3) is 0.750. The van der Waals surface area contributed by atoms with Crippen LogP contribution in [0, 0.1) is 23.2 Å². The predicted octanol–water partition coefficient (Wildman–Crippen LogP) is 5.13. The molecule has 3 nitrogen and oxygen atoms in total. The van der Waals surface area contributed by atoms with Gasteiger partial charge in [0.1, 0.15) is 5.76 Å². The van der Waals surface area contributed by atoms with Crippen molar-refractivity contribution in [3.05, 3.63) is 21.5 Å². The van der Waals surface area contributed by atoms with Crippen molar-refractivity contribution in [1.82, 2.24) is 0 Å². The standard InChI is InChI=1S/C20H29IO3/c1-13(6-7-15-11-20(3,23)18(22)24-15)16-8-9-17-14(12-21)5-4-10-19(16,17)2/h11-13,16-17,23H,4-10H2,1-3H3/b14-12+/t13-,16-,17?,19-,20-/m1/s1. The molecule has 0 aromatic carbocycles. The minimum absolute atomic E-state index is 0.431. The van der Waals surface area contributed by atoms with Crippen molar-refractivity contribution in [1.29, 1.82) is 0 Å². The van der Waals surface area contributed by atoms with Crippen LogP contribution >= 0.6 is 22.6 Å². The summed E-state index contributed by atoms with van der Waals surface area (Å²) in [7, 11) is 0. The molecule has 0 bridgehead atoms. The van der Waals surface area contributed by atoms with Gasteiger partial charge in [0.15, 0.2) is 5.60 Å². The van der Waals surface area contributed by atoms with E-state index in [1.54, 1.807) is 11.6 Å². The van der Waals surface area contributed by atoms with E-state index < -0.39 is 11.6 Å². The normalized spacial score (nSPS) is 42.0. The smallest absolute Gasteiger partial charge is 0.347 e. The van der Waals surface area contributed by atoms with Gasteiger partial charge in [-0.2, -0.15) is 0 Å². The summed E-state index contributed by atoms with van der Waals surface area (Å²) in [5.41, 5.74) is 0.662. The lowest BCUT2D eigenvalue weighted by molar-refractivity contribution is -0.150. The largest absolute Gasteiger partial charge is 0.429 e. The third kappa shape index (κ3) is 3.20. The molecule has 24 heavy (non-hydrogen) atoms. The molecule has 0 amide bonds. The van der Waals surface area contributed by atoms with Gasteiger partial charge < -0.3 is 9.84 Å². The zero-order chi connectivity index (χ0) is 17.5. The molecule has 1 N–H and O–H groups in total. The van der Waals surface area contributed by atoms with Crippen molar-refractivity contribution < 1.29 is 14.6 Å². The first-order valence-corrected chi connectivity index (χ1v) is 10.5. The molecule has 1 aliphatic heterocycles. The van der Waals surface area contributed by atoms with Crippen LogP contribution in [-0.2, 0) is 9.53 Å². The van der Waals surface area contributed by atoms with Crippen molar-refractivity contribution >= 4 is 28.6 Å². The van der Waals surface area contributed by atoms with Crippen molar-refractivity contribution in [3.8, 4) is 0 Å². The van der Waals surface area contributed by atoms with E-state index in [-0.39, 0.29) is 0 Å². The summed E-state index contributed by atoms with van der Waals surface area (Å²) in [6.07, 6.45) is 9.92. The molecular weight excluding hydrogens is 415 g/mol. The maximum Gasteiger partial charge on any atom is 0.347 e. The third-order valence-electron chi connectivity index (χ3n) is 6.79. The molecule has 2 fully saturated rings. The highest BCUT2D eigenvalue weighted by molar-refractivity contribution is 14.1. The second kappa shape index (κ2) is 6.75. The number of carbonyl (C=O) groups is 1. The van der Waals surface area contributed by atoms with Crippen molar-refractivity contribution in [3.63, 3.8) is 0 Å². The highest BCUT2D eigenvalue weighted by atomic mass is 127. The van der Waals surface area contributed by atoms with Crippen LogP contribution in [0.3, 0.4) is 0 Å². The maximum atomic E-state index is 11.6. The third-order valence-corrected chi connectivity index (χ3v) is 7.59. The number of carbonyl (C=O) groups excluding carboxylic acids is 1. The number of aliphatic hydroxyl groups is 1. The summed E-state index contributed by atoms with van der Waals surface area (Å²) in [5, 5.41) is 9.90. The van der Waals surface area contributed by atoms with Crippen LogP contribution in [-0.4, -0.2) is 16.7 Å². The fourth-order valence-corrected chi connectivity index (χ4v) is 6.21. The Morgan fingerprint density at radius 1 is 1.46 bits per heavy atom. The molecule has 1 heterocycles. The topological polar surface area (TPSA) is 46.5 Å². The number of rotatable bonds is 4. The highest BCUT2D eigenvalue weighted by Gasteiger charge is 2.50. The molecule has 5 atom stereocenters. The minimum atomic E-state index is -1.44. The first-order chi connectivity index (χ1) is 11.3. The fourth-order valence-electron chi connectivity index (χ4n) is 5.46. The van der Waals surface area contributed by atoms with Gasteiger partial charge in [0.25, 0.3) is 0 Å². The Morgan fingerprint density at radius 3 is 2.83 bits per heavy atom. The number of hydrogen-bond acceptors (Lipinski definition) is 3. The van der Waals surface area contributed by atoms with Crippen LogP contribution in [0.4, 0.5) is 0 Å². The molecule has 3 rings (SSSR count). The molecule has 1 unspecified atom stereocenters. The van der Waals surface area contributed by atoms with E-state index in [0.29, 0.717) is 17.1 Å². The molecule has 2 aliphatic carbocycles. The van der Waals surface area contributed by atoms with Gasteiger partial charge in [-0.25, -0.2) is 4.79 Å². The summed E-state index contributed by atoms with van der Waals surface area (Å²) in [5.74, 6) is 2.22. The number of ether oxygens (including phenoxy) is 1. The number of halogens is 1. The van der Waals surface area contributed by atoms with E-state index in [9.17, 15) is 9.90 Å². The van der Waals surface area contributed by atoms with Gasteiger partial charge in [-0.3, -0.25) is 0 Å². The quantitative estimate of drug-likeness (QED) is 0.483. The zero-order valence-electron chi connectivity index (χ0n) is 15.0. The molecule has 134 valence electrons. The van der Waals surface area contributed by atoms with Gasteiger partial charge >= 0.3 is 5.97 Å². The summed E-state index contributed by atoms with van der Waals surface area (Å²) in [6.45, 7) is 6.36. The Bertz CT molecular complexity index is 577. The Morgan fingerprint density at radius 2 is 2.21 bits per heavy atom. The molecule has 4 heteroatoms. The second-order valence-corrected chi connectivity index (χ2v) is 9.07. The first-order valence-electron chi connectivity index (χ1n) is 9.23. The second-order valence-electron chi connectivity index (χ2n) is 8.44. The van der Waals surface area contributed by atoms with Crippen LogP contribution < -0.4 is 0 Å². The summed E-state index contributed by atoms with van der Waals surface area (Å²) < 4.78 is 7.55. The Labute approximate surface area is 159 Å². The summed E-state index contributed by atoms with van der Waals surface area (Å²) >= 11 is 2.42. The molecule has 2 saturated carbocycles. The predicted molar refractivity (Wildman–Crippen MR) is 103 cm³/mol.